The van der Waals surface area contributed by atoms with Gasteiger partial charge in [-0.15, -0.1) is 0 Å². The zero-order valence-electron chi connectivity index (χ0n) is 11.6. The Morgan fingerprint density at radius 1 is 1.37 bits per heavy atom. The predicted octanol–water partition coefficient (Wildman–Crippen LogP) is 1.55. The molecule has 0 bridgehead atoms. The molecule has 0 radical (unpaired) electrons. The van der Waals surface area contributed by atoms with Crippen molar-refractivity contribution in [1.29, 1.82) is 0 Å². The average molecular weight is 265 g/mol. The maximum Gasteiger partial charge on any atom is 0.225 e. The zero-order chi connectivity index (χ0) is 14.1. The van der Waals surface area contributed by atoms with Crippen molar-refractivity contribution in [2.75, 3.05) is 26.9 Å². The van der Waals surface area contributed by atoms with Gasteiger partial charge in [0.25, 0.3) is 0 Å². The number of amides is 1. The van der Waals surface area contributed by atoms with Crippen molar-refractivity contribution < 1.29 is 14.6 Å². The van der Waals surface area contributed by atoms with Crippen LogP contribution in [0.25, 0.3) is 0 Å². The summed E-state index contributed by atoms with van der Waals surface area (Å²) in [4.78, 5) is 11.8. The van der Waals surface area contributed by atoms with Crippen molar-refractivity contribution in [3.63, 3.8) is 0 Å². The number of aliphatic hydroxyl groups is 1. The lowest BCUT2D eigenvalue weighted by Crippen LogP contribution is -2.34. The van der Waals surface area contributed by atoms with E-state index in [0.29, 0.717) is 19.6 Å². The van der Waals surface area contributed by atoms with Gasteiger partial charge in [-0.25, -0.2) is 0 Å². The second kappa shape index (κ2) is 8.67. The summed E-state index contributed by atoms with van der Waals surface area (Å²) in [5.74, 6) is -0.0267. The number of carbonyl (C=O) groups excluding carboxylic acids is 1. The number of hydrogen-bond acceptors (Lipinski definition) is 3. The van der Waals surface area contributed by atoms with E-state index in [9.17, 15) is 4.79 Å². The Kier molecular flexibility index (Phi) is 7.15. The number of aliphatic hydroxyl groups excluding tert-OH is 1. The molecule has 0 aliphatic carbocycles. The predicted molar refractivity (Wildman–Crippen MR) is 74.9 cm³/mol. The molecule has 0 aliphatic rings. The molecule has 1 amide bonds. The van der Waals surface area contributed by atoms with Crippen molar-refractivity contribution >= 4 is 5.91 Å². The summed E-state index contributed by atoms with van der Waals surface area (Å²) in [7, 11) is 1.59. The lowest BCUT2D eigenvalue weighted by atomic mass is 9.96. The Morgan fingerprint density at radius 2 is 2.05 bits per heavy atom. The first kappa shape index (κ1) is 15.7. The van der Waals surface area contributed by atoms with E-state index in [1.54, 1.807) is 7.11 Å². The van der Waals surface area contributed by atoms with E-state index >= 15 is 0 Å². The number of nitrogens with one attached hydrogen (secondary N) is 1. The smallest absolute Gasteiger partial charge is 0.225 e. The molecule has 106 valence electrons. The molecule has 0 saturated carbocycles. The van der Waals surface area contributed by atoms with Gasteiger partial charge in [0.05, 0.1) is 12.5 Å². The summed E-state index contributed by atoms with van der Waals surface area (Å²) in [6.45, 7) is 2.91. The van der Waals surface area contributed by atoms with Gasteiger partial charge in [0.15, 0.2) is 0 Å². The van der Waals surface area contributed by atoms with Crippen LogP contribution < -0.4 is 5.32 Å². The molecule has 1 aromatic carbocycles. The number of carbonyl (C=O) groups is 1. The van der Waals surface area contributed by atoms with Crippen LogP contribution in [0.3, 0.4) is 0 Å². The van der Waals surface area contributed by atoms with Gasteiger partial charge >= 0.3 is 0 Å². The molecule has 2 unspecified atom stereocenters. The van der Waals surface area contributed by atoms with Gasteiger partial charge in [-0.05, 0) is 12.0 Å². The van der Waals surface area contributed by atoms with Gasteiger partial charge in [0.1, 0.15) is 0 Å². The Morgan fingerprint density at radius 3 is 2.63 bits per heavy atom. The van der Waals surface area contributed by atoms with Gasteiger partial charge in [0.2, 0.25) is 5.91 Å². The molecule has 0 aromatic heterocycles. The summed E-state index contributed by atoms with van der Waals surface area (Å²) >= 11 is 0. The normalized spacial score (nSPS) is 13.8. The minimum Gasteiger partial charge on any atom is -0.396 e. The molecule has 2 atom stereocenters. The zero-order valence-corrected chi connectivity index (χ0v) is 11.6. The monoisotopic (exact) mass is 265 g/mol. The fraction of sp³-hybridized carbons (Fsp3) is 0.533. The van der Waals surface area contributed by atoms with E-state index in [4.69, 9.17) is 9.84 Å². The molecule has 1 aromatic rings. The van der Waals surface area contributed by atoms with Gasteiger partial charge in [-0.1, -0.05) is 37.3 Å². The van der Waals surface area contributed by atoms with E-state index < -0.39 is 0 Å². The second-order valence-corrected chi connectivity index (χ2v) is 4.72. The van der Waals surface area contributed by atoms with Crippen molar-refractivity contribution in [1.82, 2.24) is 5.32 Å². The van der Waals surface area contributed by atoms with E-state index in [-0.39, 0.29) is 24.3 Å². The van der Waals surface area contributed by atoms with Gasteiger partial charge in [-0.3, -0.25) is 4.79 Å². The fourth-order valence-corrected chi connectivity index (χ4v) is 1.99. The lowest BCUT2D eigenvalue weighted by molar-refractivity contribution is -0.126. The van der Waals surface area contributed by atoms with Crippen LogP contribution in [0.2, 0.25) is 0 Å². The largest absolute Gasteiger partial charge is 0.396 e. The Bertz CT molecular complexity index is 367. The molecule has 4 heteroatoms. The van der Waals surface area contributed by atoms with Crippen molar-refractivity contribution in [2.24, 2.45) is 5.92 Å². The fourth-order valence-electron chi connectivity index (χ4n) is 1.99. The molecule has 0 fully saturated rings. The first-order valence-corrected chi connectivity index (χ1v) is 6.61. The van der Waals surface area contributed by atoms with Gasteiger partial charge < -0.3 is 15.2 Å². The van der Waals surface area contributed by atoms with E-state index in [1.165, 1.54) is 0 Å². The topological polar surface area (TPSA) is 58.6 Å². The Labute approximate surface area is 114 Å². The second-order valence-electron chi connectivity index (χ2n) is 4.72. The minimum atomic E-state index is -0.157. The molecular weight excluding hydrogens is 242 g/mol. The van der Waals surface area contributed by atoms with E-state index in [2.05, 4.69) is 5.32 Å². The number of rotatable bonds is 8. The summed E-state index contributed by atoms with van der Waals surface area (Å²) in [6.07, 6.45) is 0.642. The first-order valence-electron chi connectivity index (χ1n) is 6.61. The van der Waals surface area contributed by atoms with Crippen LogP contribution in [0, 0.1) is 5.92 Å². The van der Waals surface area contributed by atoms with Crippen LogP contribution in [0.5, 0.6) is 0 Å². The van der Waals surface area contributed by atoms with Crippen LogP contribution >= 0.6 is 0 Å². The third kappa shape index (κ3) is 5.41. The van der Waals surface area contributed by atoms with E-state index in [0.717, 1.165) is 5.56 Å². The summed E-state index contributed by atoms with van der Waals surface area (Å²) < 4.78 is 4.96. The van der Waals surface area contributed by atoms with Crippen LogP contribution in [0.1, 0.15) is 24.8 Å². The maximum atomic E-state index is 11.8. The molecule has 4 nitrogen and oxygen atoms in total. The first-order chi connectivity index (χ1) is 9.19. The van der Waals surface area contributed by atoms with Crippen LogP contribution in [-0.2, 0) is 9.53 Å². The molecule has 0 heterocycles. The number of benzene rings is 1. The standard InChI is InChI=1S/C15H23NO3/c1-12(11-19-2)15(18)16-10-14(8-9-17)13-6-4-3-5-7-13/h3-7,12,14,17H,8-11H2,1-2H3,(H,16,18). The SMILES string of the molecule is COCC(C)C(=O)NCC(CCO)c1ccccc1. The number of ether oxygens (including phenoxy) is 1. The maximum absolute atomic E-state index is 11.8. The summed E-state index contributed by atoms with van der Waals surface area (Å²) in [5.41, 5.74) is 1.14. The minimum absolute atomic E-state index is 0.0132. The van der Waals surface area contributed by atoms with Crippen molar-refractivity contribution in [2.45, 2.75) is 19.3 Å². The number of methoxy groups -OCH3 is 1. The van der Waals surface area contributed by atoms with Crippen molar-refractivity contribution in [3.05, 3.63) is 35.9 Å². The molecule has 19 heavy (non-hydrogen) atoms. The molecule has 2 N–H and O–H groups in total. The molecule has 1 rings (SSSR count). The Hall–Kier alpha value is -1.39. The number of hydrogen-bond donors (Lipinski definition) is 2. The van der Waals surface area contributed by atoms with Crippen LogP contribution in [0.15, 0.2) is 30.3 Å². The van der Waals surface area contributed by atoms with Gasteiger partial charge in [0, 0.05) is 26.2 Å². The summed E-state index contributed by atoms with van der Waals surface area (Å²) in [6, 6.07) is 9.93. The highest BCUT2D eigenvalue weighted by Gasteiger charge is 2.16. The molecule has 0 saturated heterocycles. The van der Waals surface area contributed by atoms with Crippen molar-refractivity contribution in [3.8, 4) is 0 Å². The van der Waals surface area contributed by atoms with Gasteiger partial charge in [-0.2, -0.15) is 0 Å². The van der Waals surface area contributed by atoms with E-state index in [1.807, 2.05) is 37.3 Å². The highest BCUT2D eigenvalue weighted by atomic mass is 16.5. The molecular formula is C15H23NO3. The lowest BCUT2D eigenvalue weighted by Gasteiger charge is -2.18. The summed E-state index contributed by atoms with van der Waals surface area (Å²) in [5, 5.41) is 12.0. The van der Waals surface area contributed by atoms with Crippen LogP contribution in [0.4, 0.5) is 0 Å². The highest BCUT2D eigenvalue weighted by Crippen LogP contribution is 2.18. The third-order valence-electron chi connectivity index (χ3n) is 3.14. The quantitative estimate of drug-likeness (QED) is 0.750. The Balaban J connectivity index is 2.53. The molecule has 0 spiro atoms. The highest BCUT2D eigenvalue weighted by molar-refractivity contribution is 5.78. The molecule has 0 aliphatic heterocycles. The third-order valence-corrected chi connectivity index (χ3v) is 3.14. The van der Waals surface area contributed by atoms with Crippen LogP contribution in [-0.4, -0.2) is 37.9 Å². The average Bonchev–Trinajstić information content (AvgIpc) is 2.44.